The number of piperidine rings is 1. The summed E-state index contributed by atoms with van der Waals surface area (Å²) in [6.07, 6.45) is 4.37. The molecule has 0 radical (unpaired) electrons. The third-order valence-electron chi connectivity index (χ3n) is 6.86. The number of benzene rings is 1. The second kappa shape index (κ2) is 9.79. The number of hydrogen-bond donors (Lipinski definition) is 1. The number of likely N-dealkylation sites (tertiary alicyclic amines) is 2. The SMILES string of the molecule is COc1cccc(C(=O)N2CCC(CN3C[C@@H](C(=O)NCC4CC4)CC3=O)CC2)c1OC. The number of carbonyl (C=O) groups excluding carboxylic acids is 3. The Labute approximate surface area is 189 Å². The largest absolute Gasteiger partial charge is 0.493 e. The minimum atomic E-state index is -0.233. The molecule has 3 amide bonds. The van der Waals surface area contributed by atoms with E-state index in [0.29, 0.717) is 61.5 Å². The fraction of sp³-hybridized carbons (Fsp3) is 0.625. The van der Waals surface area contributed by atoms with Gasteiger partial charge in [-0.1, -0.05) is 6.07 Å². The van der Waals surface area contributed by atoms with Gasteiger partial charge in [0.15, 0.2) is 11.5 Å². The van der Waals surface area contributed by atoms with Crippen molar-refractivity contribution in [2.24, 2.45) is 17.8 Å². The number of hydrogen-bond acceptors (Lipinski definition) is 5. The van der Waals surface area contributed by atoms with Crippen LogP contribution in [0.25, 0.3) is 0 Å². The van der Waals surface area contributed by atoms with Crippen LogP contribution in [0.4, 0.5) is 0 Å². The first-order valence-corrected chi connectivity index (χ1v) is 11.6. The fourth-order valence-corrected chi connectivity index (χ4v) is 4.69. The van der Waals surface area contributed by atoms with E-state index >= 15 is 0 Å². The Morgan fingerprint density at radius 2 is 1.81 bits per heavy atom. The second-order valence-electron chi connectivity index (χ2n) is 9.16. The van der Waals surface area contributed by atoms with Gasteiger partial charge < -0.3 is 24.6 Å². The maximum Gasteiger partial charge on any atom is 0.257 e. The lowest BCUT2D eigenvalue weighted by atomic mass is 9.95. The van der Waals surface area contributed by atoms with E-state index in [9.17, 15) is 14.4 Å². The molecule has 174 valence electrons. The molecule has 3 fully saturated rings. The highest BCUT2D eigenvalue weighted by atomic mass is 16.5. The van der Waals surface area contributed by atoms with Crippen molar-refractivity contribution in [2.45, 2.75) is 32.1 Å². The van der Waals surface area contributed by atoms with Crippen LogP contribution in [0.5, 0.6) is 11.5 Å². The van der Waals surface area contributed by atoms with E-state index in [4.69, 9.17) is 9.47 Å². The van der Waals surface area contributed by atoms with Crippen LogP contribution in [0, 0.1) is 17.8 Å². The van der Waals surface area contributed by atoms with Gasteiger partial charge in [0, 0.05) is 39.1 Å². The molecule has 2 saturated heterocycles. The minimum Gasteiger partial charge on any atom is -0.493 e. The summed E-state index contributed by atoms with van der Waals surface area (Å²) in [7, 11) is 3.09. The molecule has 8 nitrogen and oxygen atoms in total. The van der Waals surface area contributed by atoms with Crippen LogP contribution in [0.15, 0.2) is 18.2 Å². The number of nitrogens with one attached hydrogen (secondary N) is 1. The number of rotatable bonds is 8. The number of para-hydroxylation sites is 1. The van der Waals surface area contributed by atoms with Crippen LogP contribution >= 0.6 is 0 Å². The molecule has 0 unspecified atom stereocenters. The average Bonchev–Trinajstić information content (AvgIpc) is 3.58. The first-order valence-electron chi connectivity index (χ1n) is 11.6. The molecule has 1 atom stereocenters. The van der Waals surface area contributed by atoms with Crippen molar-refractivity contribution in [3.8, 4) is 11.5 Å². The Morgan fingerprint density at radius 3 is 2.47 bits per heavy atom. The quantitative estimate of drug-likeness (QED) is 0.663. The normalized spacial score (nSPS) is 21.6. The van der Waals surface area contributed by atoms with Gasteiger partial charge in [-0.25, -0.2) is 0 Å². The van der Waals surface area contributed by atoms with Crippen molar-refractivity contribution in [1.29, 1.82) is 0 Å². The maximum absolute atomic E-state index is 13.1. The van der Waals surface area contributed by atoms with Gasteiger partial charge in [-0.3, -0.25) is 14.4 Å². The summed E-state index contributed by atoms with van der Waals surface area (Å²) in [4.78, 5) is 41.6. The van der Waals surface area contributed by atoms with Crippen LogP contribution in [0.2, 0.25) is 0 Å². The highest BCUT2D eigenvalue weighted by Gasteiger charge is 2.36. The van der Waals surface area contributed by atoms with E-state index in [0.717, 1.165) is 19.4 Å². The standard InChI is InChI=1S/C24H33N3O5/c1-31-20-5-3-4-19(22(20)32-2)24(30)26-10-8-17(9-11-26)14-27-15-18(12-21(27)28)23(29)25-13-16-6-7-16/h3-5,16-18H,6-15H2,1-2H3,(H,25,29)/t18-/m0/s1. The predicted molar refractivity (Wildman–Crippen MR) is 119 cm³/mol. The fourth-order valence-electron chi connectivity index (χ4n) is 4.69. The van der Waals surface area contributed by atoms with Crippen molar-refractivity contribution in [3.05, 3.63) is 23.8 Å². The van der Waals surface area contributed by atoms with Gasteiger partial charge in [0.05, 0.1) is 25.7 Å². The Morgan fingerprint density at radius 1 is 1.06 bits per heavy atom. The Hall–Kier alpha value is -2.77. The molecule has 3 aliphatic rings. The van der Waals surface area contributed by atoms with E-state index in [1.54, 1.807) is 25.3 Å². The monoisotopic (exact) mass is 443 g/mol. The molecule has 4 rings (SSSR count). The van der Waals surface area contributed by atoms with Gasteiger partial charge in [0.1, 0.15) is 0 Å². The third-order valence-corrected chi connectivity index (χ3v) is 6.86. The Balaban J connectivity index is 1.27. The van der Waals surface area contributed by atoms with Crippen LogP contribution in [0.1, 0.15) is 42.5 Å². The summed E-state index contributed by atoms with van der Waals surface area (Å²) in [5.74, 6) is 1.75. The molecule has 0 bridgehead atoms. The molecule has 1 N–H and O–H groups in total. The number of carbonyl (C=O) groups is 3. The van der Waals surface area contributed by atoms with Crippen molar-refractivity contribution < 1.29 is 23.9 Å². The number of amides is 3. The van der Waals surface area contributed by atoms with Gasteiger partial charge in [0.2, 0.25) is 11.8 Å². The summed E-state index contributed by atoms with van der Waals surface area (Å²) in [6.45, 7) is 3.19. The van der Waals surface area contributed by atoms with E-state index in [2.05, 4.69) is 5.32 Å². The van der Waals surface area contributed by atoms with Gasteiger partial charge in [-0.15, -0.1) is 0 Å². The summed E-state index contributed by atoms with van der Waals surface area (Å²) in [5.41, 5.74) is 0.500. The molecule has 1 aromatic carbocycles. The van der Waals surface area contributed by atoms with E-state index in [-0.39, 0.29) is 23.6 Å². The zero-order valence-corrected chi connectivity index (χ0v) is 19.0. The van der Waals surface area contributed by atoms with Crippen molar-refractivity contribution in [3.63, 3.8) is 0 Å². The van der Waals surface area contributed by atoms with Crippen LogP contribution in [-0.2, 0) is 9.59 Å². The number of nitrogens with zero attached hydrogens (tertiary/aromatic N) is 2. The molecule has 32 heavy (non-hydrogen) atoms. The molecular formula is C24H33N3O5. The van der Waals surface area contributed by atoms with E-state index < -0.39 is 0 Å². The Kier molecular flexibility index (Phi) is 6.86. The van der Waals surface area contributed by atoms with Gasteiger partial charge in [-0.05, 0) is 49.7 Å². The maximum atomic E-state index is 13.1. The van der Waals surface area contributed by atoms with Gasteiger partial charge >= 0.3 is 0 Å². The van der Waals surface area contributed by atoms with Crippen molar-refractivity contribution in [1.82, 2.24) is 15.1 Å². The lowest BCUT2D eigenvalue weighted by molar-refractivity contribution is -0.129. The highest BCUT2D eigenvalue weighted by Crippen LogP contribution is 2.33. The molecular weight excluding hydrogens is 410 g/mol. The van der Waals surface area contributed by atoms with Gasteiger partial charge in [-0.2, -0.15) is 0 Å². The summed E-state index contributed by atoms with van der Waals surface area (Å²) in [5, 5.41) is 3.00. The first kappa shape index (κ1) is 22.4. The highest BCUT2D eigenvalue weighted by molar-refractivity contribution is 5.98. The Bertz CT molecular complexity index is 861. The number of methoxy groups -OCH3 is 2. The van der Waals surface area contributed by atoms with Crippen LogP contribution in [0.3, 0.4) is 0 Å². The molecule has 1 aliphatic carbocycles. The molecule has 1 aromatic rings. The smallest absolute Gasteiger partial charge is 0.257 e. The lowest BCUT2D eigenvalue weighted by Crippen LogP contribution is -2.42. The van der Waals surface area contributed by atoms with Gasteiger partial charge in [0.25, 0.3) is 5.91 Å². The molecule has 0 spiro atoms. The molecule has 8 heteroatoms. The number of ether oxygens (including phenoxy) is 2. The average molecular weight is 444 g/mol. The van der Waals surface area contributed by atoms with E-state index in [1.165, 1.54) is 20.0 Å². The van der Waals surface area contributed by atoms with E-state index in [1.807, 2.05) is 9.80 Å². The minimum absolute atomic E-state index is 0.0143. The van der Waals surface area contributed by atoms with Crippen molar-refractivity contribution >= 4 is 17.7 Å². The zero-order chi connectivity index (χ0) is 22.7. The predicted octanol–water partition coefficient (Wildman–Crippen LogP) is 1.93. The lowest BCUT2D eigenvalue weighted by Gasteiger charge is -2.34. The molecule has 2 aliphatic heterocycles. The summed E-state index contributed by atoms with van der Waals surface area (Å²) >= 11 is 0. The first-order chi connectivity index (χ1) is 15.5. The van der Waals surface area contributed by atoms with Crippen LogP contribution in [-0.4, -0.2) is 74.5 Å². The molecule has 0 aromatic heterocycles. The third kappa shape index (κ3) is 5.00. The topological polar surface area (TPSA) is 88.2 Å². The summed E-state index contributed by atoms with van der Waals surface area (Å²) < 4.78 is 10.7. The molecule has 2 heterocycles. The van der Waals surface area contributed by atoms with Crippen molar-refractivity contribution in [2.75, 3.05) is 46.9 Å². The molecule has 1 saturated carbocycles. The summed E-state index contributed by atoms with van der Waals surface area (Å²) in [6, 6.07) is 5.32. The second-order valence-corrected chi connectivity index (χ2v) is 9.16. The zero-order valence-electron chi connectivity index (χ0n) is 19.0. The van der Waals surface area contributed by atoms with Crippen LogP contribution < -0.4 is 14.8 Å².